The first-order valence-corrected chi connectivity index (χ1v) is 4.74. The molecule has 0 spiro atoms. The molecule has 0 aliphatic carbocycles. The van der Waals surface area contributed by atoms with Crippen molar-refractivity contribution in [1.29, 1.82) is 0 Å². The summed E-state index contributed by atoms with van der Waals surface area (Å²) < 4.78 is 34.0. The van der Waals surface area contributed by atoms with Gasteiger partial charge in [0.05, 0.1) is 5.69 Å². The Morgan fingerprint density at radius 1 is 1.53 bits per heavy atom. The summed E-state index contributed by atoms with van der Waals surface area (Å²) in [6, 6.07) is 3.15. The first kappa shape index (κ1) is 14.7. The Balaban J connectivity index is 0.00000196. The van der Waals surface area contributed by atoms with Gasteiger partial charge in [-0.15, -0.1) is 0 Å². The first-order chi connectivity index (χ1) is 6.50. The number of halogens is 1. The summed E-state index contributed by atoms with van der Waals surface area (Å²) in [6.45, 7) is 1.21. The molecule has 7 heteroatoms. The van der Waals surface area contributed by atoms with E-state index in [-0.39, 0.29) is 40.1 Å². The van der Waals surface area contributed by atoms with Gasteiger partial charge in [0.15, 0.2) is 0 Å². The standard InChI is InChI=1S/C8H8FNO3S.Na/c1-5(11)10-8-4-6(14(12)13)2-3-7(8)9;/h2-4H,1H3,(H,10,11)(H,12,13);/q;+1/p-1. The van der Waals surface area contributed by atoms with Gasteiger partial charge in [-0.3, -0.25) is 9.00 Å². The van der Waals surface area contributed by atoms with Crippen molar-refractivity contribution in [3.63, 3.8) is 0 Å². The minimum absolute atomic E-state index is 0. The van der Waals surface area contributed by atoms with Crippen molar-refractivity contribution in [2.24, 2.45) is 0 Å². The molecule has 0 radical (unpaired) electrons. The molecule has 1 aromatic carbocycles. The van der Waals surface area contributed by atoms with E-state index in [4.69, 9.17) is 0 Å². The van der Waals surface area contributed by atoms with Crippen LogP contribution in [0.15, 0.2) is 23.1 Å². The van der Waals surface area contributed by atoms with Crippen LogP contribution in [-0.2, 0) is 15.9 Å². The molecule has 1 aromatic rings. The van der Waals surface area contributed by atoms with Gasteiger partial charge in [0.2, 0.25) is 5.91 Å². The quantitative estimate of drug-likeness (QED) is 0.480. The number of carbonyl (C=O) groups is 1. The summed E-state index contributed by atoms with van der Waals surface area (Å²) in [5.41, 5.74) is -0.140. The molecule has 0 aliphatic rings. The molecule has 1 unspecified atom stereocenters. The molecule has 15 heavy (non-hydrogen) atoms. The van der Waals surface area contributed by atoms with E-state index >= 15 is 0 Å². The second-order valence-corrected chi connectivity index (χ2v) is 3.50. The summed E-state index contributed by atoms with van der Waals surface area (Å²) in [7, 11) is 0. The molecule has 0 heterocycles. The maximum atomic E-state index is 13.0. The normalized spacial score (nSPS) is 11.4. The van der Waals surface area contributed by atoms with Crippen molar-refractivity contribution in [3.05, 3.63) is 24.0 Å². The molecule has 0 aliphatic heterocycles. The van der Waals surface area contributed by atoms with Gasteiger partial charge in [0.25, 0.3) is 0 Å². The fraction of sp³-hybridized carbons (Fsp3) is 0.125. The number of amides is 1. The Hall–Kier alpha value is -0.270. The van der Waals surface area contributed by atoms with Crippen LogP contribution in [0.3, 0.4) is 0 Å². The Labute approximate surface area is 111 Å². The van der Waals surface area contributed by atoms with Crippen molar-refractivity contribution in [1.82, 2.24) is 0 Å². The zero-order valence-electron chi connectivity index (χ0n) is 8.24. The molecule has 1 N–H and O–H groups in total. The third-order valence-corrected chi connectivity index (χ3v) is 2.08. The molecule has 1 amide bonds. The zero-order chi connectivity index (χ0) is 10.7. The molecule has 0 saturated carbocycles. The van der Waals surface area contributed by atoms with E-state index in [2.05, 4.69) is 5.32 Å². The van der Waals surface area contributed by atoms with Crippen molar-refractivity contribution in [2.45, 2.75) is 11.8 Å². The van der Waals surface area contributed by atoms with Crippen LogP contribution in [0.1, 0.15) is 6.92 Å². The average Bonchev–Trinajstić information content (AvgIpc) is 2.07. The van der Waals surface area contributed by atoms with E-state index in [9.17, 15) is 17.9 Å². The fourth-order valence-corrected chi connectivity index (χ4v) is 1.29. The molecular weight excluding hydrogens is 232 g/mol. The van der Waals surface area contributed by atoms with E-state index in [1.165, 1.54) is 6.92 Å². The maximum absolute atomic E-state index is 13.0. The third kappa shape index (κ3) is 4.40. The van der Waals surface area contributed by atoms with Gasteiger partial charge < -0.3 is 9.87 Å². The molecule has 0 bridgehead atoms. The van der Waals surface area contributed by atoms with Crippen molar-refractivity contribution >= 4 is 22.7 Å². The Morgan fingerprint density at radius 3 is 2.60 bits per heavy atom. The SMILES string of the molecule is CC(=O)Nc1cc(S(=O)[O-])ccc1F.[Na+]. The van der Waals surface area contributed by atoms with Crippen LogP contribution in [0.5, 0.6) is 0 Å². The van der Waals surface area contributed by atoms with Gasteiger partial charge in [0.1, 0.15) is 5.82 Å². The largest absolute Gasteiger partial charge is 1.00 e. The van der Waals surface area contributed by atoms with E-state index in [1.54, 1.807) is 0 Å². The number of hydrogen-bond acceptors (Lipinski definition) is 3. The fourth-order valence-electron chi connectivity index (χ4n) is 0.893. The number of benzene rings is 1. The first-order valence-electron chi connectivity index (χ1n) is 3.67. The smallest absolute Gasteiger partial charge is 0.768 e. The number of rotatable bonds is 2. The van der Waals surface area contributed by atoms with Crippen molar-refractivity contribution in [2.75, 3.05) is 5.32 Å². The molecule has 0 saturated heterocycles. The molecule has 0 aromatic heterocycles. The molecule has 76 valence electrons. The van der Waals surface area contributed by atoms with Gasteiger partial charge in [-0.25, -0.2) is 4.39 Å². The van der Waals surface area contributed by atoms with Crippen LogP contribution in [0.4, 0.5) is 10.1 Å². The van der Waals surface area contributed by atoms with Crippen LogP contribution in [0.2, 0.25) is 0 Å². The maximum Gasteiger partial charge on any atom is 1.00 e. The molecule has 4 nitrogen and oxygen atoms in total. The average molecular weight is 239 g/mol. The summed E-state index contributed by atoms with van der Waals surface area (Å²) in [6.07, 6.45) is 0. The monoisotopic (exact) mass is 239 g/mol. The van der Waals surface area contributed by atoms with E-state index < -0.39 is 22.8 Å². The number of carbonyl (C=O) groups excluding carboxylic acids is 1. The van der Waals surface area contributed by atoms with E-state index in [1.807, 2.05) is 0 Å². The molecular formula is C8H7FNNaO3S. The third-order valence-electron chi connectivity index (χ3n) is 1.44. The second-order valence-electron chi connectivity index (χ2n) is 2.56. The Kier molecular flexibility index (Phi) is 6.23. The Bertz CT molecular complexity index is 399. The minimum atomic E-state index is -2.43. The predicted molar refractivity (Wildman–Crippen MR) is 47.9 cm³/mol. The van der Waals surface area contributed by atoms with Gasteiger partial charge in [-0.1, -0.05) is 0 Å². The predicted octanol–water partition coefficient (Wildman–Crippen LogP) is -1.97. The van der Waals surface area contributed by atoms with Crippen LogP contribution in [0.25, 0.3) is 0 Å². The van der Waals surface area contributed by atoms with Crippen LogP contribution in [-0.4, -0.2) is 14.7 Å². The van der Waals surface area contributed by atoms with E-state index in [0.29, 0.717) is 0 Å². The van der Waals surface area contributed by atoms with Crippen LogP contribution in [0, 0.1) is 5.82 Å². The minimum Gasteiger partial charge on any atom is -0.768 e. The summed E-state index contributed by atoms with van der Waals surface area (Å²) in [5, 5.41) is 2.18. The van der Waals surface area contributed by atoms with Gasteiger partial charge in [-0.05, 0) is 29.3 Å². The second kappa shape index (κ2) is 6.34. The summed E-state index contributed by atoms with van der Waals surface area (Å²) >= 11 is -2.43. The van der Waals surface area contributed by atoms with Gasteiger partial charge in [-0.2, -0.15) is 0 Å². The van der Waals surface area contributed by atoms with E-state index in [0.717, 1.165) is 18.2 Å². The van der Waals surface area contributed by atoms with Crippen molar-refractivity contribution < 1.29 is 47.5 Å². The summed E-state index contributed by atoms with van der Waals surface area (Å²) in [4.78, 5) is 10.5. The van der Waals surface area contributed by atoms with Crippen LogP contribution >= 0.6 is 0 Å². The topological polar surface area (TPSA) is 69.2 Å². The zero-order valence-corrected chi connectivity index (χ0v) is 11.1. The Morgan fingerprint density at radius 2 is 2.13 bits per heavy atom. The number of nitrogens with one attached hydrogen (secondary N) is 1. The molecule has 1 rings (SSSR count). The summed E-state index contributed by atoms with van der Waals surface area (Å²) in [5.74, 6) is -1.13. The number of anilines is 1. The molecule has 1 atom stereocenters. The molecule has 0 fully saturated rings. The number of hydrogen-bond donors (Lipinski definition) is 1. The van der Waals surface area contributed by atoms with Gasteiger partial charge in [0, 0.05) is 11.8 Å². The van der Waals surface area contributed by atoms with Gasteiger partial charge >= 0.3 is 29.6 Å². The van der Waals surface area contributed by atoms with Crippen LogP contribution < -0.4 is 34.9 Å². The van der Waals surface area contributed by atoms with Crippen molar-refractivity contribution in [3.8, 4) is 0 Å².